The molecule has 1 aromatic heterocycles. The Morgan fingerprint density at radius 1 is 1.09 bits per heavy atom. The molecule has 2 fully saturated rings. The number of halogens is 1. The second-order valence-electron chi connectivity index (χ2n) is 11.2. The van der Waals surface area contributed by atoms with Crippen LogP contribution in [0.1, 0.15) is 84.1 Å². The van der Waals surface area contributed by atoms with Crippen LogP contribution in [-0.4, -0.2) is 35.4 Å². The lowest BCUT2D eigenvalue weighted by Gasteiger charge is -2.33. The van der Waals surface area contributed by atoms with E-state index in [0.717, 1.165) is 53.2 Å². The van der Waals surface area contributed by atoms with E-state index in [1.54, 1.807) is 11.1 Å². The fourth-order valence-corrected chi connectivity index (χ4v) is 6.17. The highest BCUT2D eigenvalue weighted by atomic mass is 35.5. The van der Waals surface area contributed by atoms with Gasteiger partial charge in [-0.3, -0.25) is 4.90 Å². The molecule has 8 heteroatoms. The molecule has 35 heavy (non-hydrogen) atoms. The van der Waals surface area contributed by atoms with Crippen LogP contribution in [0.5, 0.6) is 0 Å². The van der Waals surface area contributed by atoms with Crippen molar-refractivity contribution in [3.8, 4) is 0 Å². The number of allylic oxidation sites excluding steroid dienone is 1. The maximum Gasteiger partial charge on any atom is 0.415 e. The van der Waals surface area contributed by atoms with Crippen molar-refractivity contribution >= 4 is 35.2 Å². The van der Waals surface area contributed by atoms with Crippen molar-refractivity contribution in [3.63, 3.8) is 0 Å². The number of H-pyrrole nitrogens is 1. The van der Waals surface area contributed by atoms with Crippen LogP contribution in [0.4, 0.5) is 10.5 Å². The van der Waals surface area contributed by atoms with E-state index in [1.165, 1.54) is 32.1 Å². The average Bonchev–Trinajstić information content (AvgIpc) is 3.12. The van der Waals surface area contributed by atoms with Crippen molar-refractivity contribution in [1.29, 1.82) is 0 Å². The molecule has 1 aromatic rings. The van der Waals surface area contributed by atoms with Gasteiger partial charge in [0.25, 0.3) is 0 Å². The van der Waals surface area contributed by atoms with Crippen LogP contribution >= 0.6 is 11.6 Å². The first-order chi connectivity index (χ1) is 16.8. The number of nitrogens with zero attached hydrogens (tertiary/aromatic N) is 3. The summed E-state index contributed by atoms with van der Waals surface area (Å²) >= 11 is 6.94. The first-order valence-corrected chi connectivity index (χ1v) is 13.5. The largest absolute Gasteiger partial charge is 0.443 e. The lowest BCUT2D eigenvalue weighted by Crippen LogP contribution is -2.39. The van der Waals surface area contributed by atoms with Crippen molar-refractivity contribution in [2.45, 2.75) is 103 Å². The Bertz CT molecular complexity index is 1130. The topological polar surface area (TPSA) is 79.3 Å². The molecule has 4 aliphatic rings. The molecular formula is C27H37ClN4O3. The summed E-state index contributed by atoms with van der Waals surface area (Å²) in [5, 5.41) is 10.8. The SMILES string of the molecule is CC(C)(C)OC(=O)N1CC=C(Cl)C(C2CCC(OC3CCCCC3)CC2)=c2[nH]c3c(c21)CN=NC=3. The van der Waals surface area contributed by atoms with Gasteiger partial charge in [-0.05, 0) is 76.9 Å². The number of fused-ring (bicyclic) bond motifs is 3. The van der Waals surface area contributed by atoms with Gasteiger partial charge in [0, 0.05) is 17.1 Å². The molecule has 2 aliphatic heterocycles. The maximum atomic E-state index is 13.3. The zero-order valence-corrected chi connectivity index (χ0v) is 21.9. The molecule has 2 saturated carbocycles. The minimum Gasteiger partial charge on any atom is -0.443 e. The molecule has 0 saturated heterocycles. The predicted molar refractivity (Wildman–Crippen MR) is 138 cm³/mol. The summed E-state index contributed by atoms with van der Waals surface area (Å²) in [6.07, 6.45) is 14.5. The second-order valence-corrected chi connectivity index (χ2v) is 11.6. The Morgan fingerprint density at radius 3 is 2.51 bits per heavy atom. The second kappa shape index (κ2) is 10.1. The van der Waals surface area contributed by atoms with E-state index < -0.39 is 5.60 Å². The summed E-state index contributed by atoms with van der Waals surface area (Å²) < 4.78 is 12.2. The molecule has 0 spiro atoms. The molecule has 1 amide bonds. The highest BCUT2D eigenvalue weighted by molar-refractivity contribution is 6.36. The number of ether oxygens (including phenoxy) is 2. The van der Waals surface area contributed by atoms with Crippen LogP contribution in [0.15, 0.2) is 21.3 Å². The van der Waals surface area contributed by atoms with Gasteiger partial charge in [-0.2, -0.15) is 10.2 Å². The van der Waals surface area contributed by atoms with Crippen LogP contribution in [0.2, 0.25) is 0 Å². The Hall–Kier alpha value is -2.12. The third-order valence-electron chi connectivity index (χ3n) is 7.49. The van der Waals surface area contributed by atoms with Gasteiger partial charge in [-0.1, -0.05) is 30.9 Å². The Morgan fingerprint density at radius 2 is 1.80 bits per heavy atom. The highest BCUT2D eigenvalue weighted by Gasteiger charge is 2.34. The van der Waals surface area contributed by atoms with Gasteiger partial charge in [0.05, 0.1) is 41.3 Å². The molecule has 7 nitrogen and oxygen atoms in total. The first kappa shape index (κ1) is 24.6. The molecular weight excluding hydrogens is 464 g/mol. The van der Waals surface area contributed by atoms with Gasteiger partial charge in [-0.15, -0.1) is 0 Å². The molecule has 0 radical (unpaired) electrons. The summed E-state index contributed by atoms with van der Waals surface area (Å²) in [7, 11) is 0. The average molecular weight is 501 g/mol. The highest BCUT2D eigenvalue weighted by Crippen LogP contribution is 2.39. The summed E-state index contributed by atoms with van der Waals surface area (Å²) in [4.78, 5) is 18.5. The van der Waals surface area contributed by atoms with E-state index in [0.29, 0.717) is 36.2 Å². The number of rotatable bonds is 3. The molecule has 0 atom stereocenters. The first-order valence-electron chi connectivity index (χ1n) is 13.1. The van der Waals surface area contributed by atoms with Crippen LogP contribution in [0.3, 0.4) is 0 Å². The van der Waals surface area contributed by atoms with E-state index in [2.05, 4.69) is 15.2 Å². The maximum absolute atomic E-state index is 13.3. The molecule has 1 N–H and O–H groups in total. The van der Waals surface area contributed by atoms with Crippen molar-refractivity contribution in [2.24, 2.45) is 16.1 Å². The number of anilines is 1. The predicted octanol–water partition coefficient (Wildman–Crippen LogP) is 5.66. The molecule has 3 heterocycles. The van der Waals surface area contributed by atoms with Crippen LogP contribution in [0, 0.1) is 5.92 Å². The van der Waals surface area contributed by atoms with Crippen LogP contribution < -0.4 is 15.6 Å². The molecule has 190 valence electrons. The zero-order valence-electron chi connectivity index (χ0n) is 21.1. The monoisotopic (exact) mass is 500 g/mol. The number of carbonyl (C=O) groups is 1. The number of amides is 1. The van der Waals surface area contributed by atoms with Crippen molar-refractivity contribution in [1.82, 2.24) is 4.98 Å². The number of nitrogens with one attached hydrogen (secondary N) is 1. The molecule has 2 aliphatic carbocycles. The van der Waals surface area contributed by atoms with Crippen molar-refractivity contribution < 1.29 is 14.3 Å². The molecule has 0 bridgehead atoms. The number of azo groups is 1. The number of aromatic nitrogens is 1. The lowest BCUT2D eigenvalue weighted by molar-refractivity contribution is -0.0481. The molecule has 5 rings (SSSR count). The van der Waals surface area contributed by atoms with Gasteiger partial charge in [0.2, 0.25) is 0 Å². The normalized spacial score (nSPS) is 25.3. The zero-order chi connectivity index (χ0) is 24.6. The van der Waals surface area contributed by atoms with Crippen molar-refractivity contribution in [3.05, 3.63) is 27.4 Å². The summed E-state index contributed by atoms with van der Waals surface area (Å²) in [5.41, 5.74) is 2.29. The Kier molecular flexibility index (Phi) is 7.09. The Labute approximate surface area is 212 Å². The molecule has 0 unspecified atom stereocenters. The number of aromatic amines is 1. The molecule has 0 aromatic carbocycles. The van der Waals surface area contributed by atoms with Gasteiger partial charge < -0.3 is 14.5 Å². The van der Waals surface area contributed by atoms with E-state index in [1.807, 2.05) is 26.8 Å². The van der Waals surface area contributed by atoms with Crippen molar-refractivity contribution in [2.75, 3.05) is 11.4 Å². The fourth-order valence-electron chi connectivity index (χ4n) is 5.86. The number of carbonyl (C=O) groups excluding carboxylic acids is 1. The standard InChI is InChI=1S/C27H37ClN4O3/c1-27(2,3)35-26(33)32-14-13-21(28)23(24-25(32)20-15-29-30-16-22(20)31-24)17-9-11-19(12-10-17)34-18-7-5-4-6-8-18/h13,16-19,31H,4-12,14-15H2,1-3H3. The minimum absolute atomic E-state index is 0.302. The quantitative estimate of drug-likeness (QED) is 0.582. The summed E-state index contributed by atoms with van der Waals surface area (Å²) in [6.45, 7) is 6.42. The third-order valence-corrected chi connectivity index (χ3v) is 7.85. The number of hydrogen-bond acceptors (Lipinski definition) is 5. The third kappa shape index (κ3) is 5.36. The van der Waals surface area contributed by atoms with Crippen LogP contribution in [0.25, 0.3) is 11.8 Å². The van der Waals surface area contributed by atoms with Gasteiger partial charge in [0.15, 0.2) is 0 Å². The lowest BCUT2D eigenvalue weighted by atomic mass is 9.81. The Balaban J connectivity index is 1.46. The van der Waals surface area contributed by atoms with E-state index in [-0.39, 0.29) is 6.09 Å². The smallest absolute Gasteiger partial charge is 0.415 e. The van der Waals surface area contributed by atoms with Gasteiger partial charge >= 0.3 is 6.09 Å². The van der Waals surface area contributed by atoms with E-state index in [4.69, 9.17) is 21.1 Å². The van der Waals surface area contributed by atoms with E-state index in [9.17, 15) is 4.79 Å². The summed E-state index contributed by atoms with van der Waals surface area (Å²) in [6, 6.07) is 0. The number of hydrogen-bond donors (Lipinski definition) is 1. The van der Waals surface area contributed by atoms with Crippen LogP contribution in [-0.2, 0) is 16.0 Å². The van der Waals surface area contributed by atoms with Gasteiger partial charge in [-0.25, -0.2) is 4.79 Å². The summed E-state index contributed by atoms with van der Waals surface area (Å²) in [5.74, 6) is 0.302. The van der Waals surface area contributed by atoms with E-state index >= 15 is 0 Å². The fraction of sp³-hybridized carbons (Fsp3) is 0.667. The minimum atomic E-state index is -0.595. The van der Waals surface area contributed by atoms with Gasteiger partial charge in [0.1, 0.15) is 5.60 Å².